The molecule has 3 aromatic carbocycles. The van der Waals surface area contributed by atoms with Crippen molar-refractivity contribution in [1.29, 1.82) is 0 Å². The number of hydrogen-bond donors (Lipinski definition) is 2. The van der Waals surface area contributed by atoms with Crippen molar-refractivity contribution in [2.45, 2.75) is 44.9 Å². The van der Waals surface area contributed by atoms with E-state index in [4.69, 9.17) is 5.21 Å². The first-order valence-electron chi connectivity index (χ1n) is 10.5. The van der Waals surface area contributed by atoms with E-state index in [0.29, 0.717) is 0 Å². The predicted octanol–water partition coefficient (Wildman–Crippen LogP) is 6.12. The van der Waals surface area contributed by atoms with Gasteiger partial charge in [-0.1, -0.05) is 90.0 Å². The lowest BCUT2D eigenvalue weighted by atomic mass is 9.86. The fraction of sp³-hybridized carbons (Fsp3) is 0.231. The van der Waals surface area contributed by atoms with Gasteiger partial charge in [0.05, 0.1) is 4.90 Å². The fourth-order valence-electron chi connectivity index (χ4n) is 3.61. The van der Waals surface area contributed by atoms with Crippen LogP contribution in [0.2, 0.25) is 0 Å². The van der Waals surface area contributed by atoms with E-state index in [1.165, 1.54) is 33.7 Å². The molecule has 0 heterocycles. The first-order chi connectivity index (χ1) is 14.9. The summed E-state index contributed by atoms with van der Waals surface area (Å²) in [7, 11) is -3.90. The lowest BCUT2D eigenvalue weighted by molar-refractivity contribution is 0.242. The van der Waals surface area contributed by atoms with E-state index >= 15 is 0 Å². The van der Waals surface area contributed by atoms with Crippen LogP contribution in [-0.4, -0.2) is 13.6 Å². The molecular weight excluding hydrogens is 406 g/mol. The van der Waals surface area contributed by atoms with Crippen LogP contribution >= 0.6 is 0 Å². The molecule has 0 bridgehead atoms. The molecule has 4 nitrogen and oxygen atoms in total. The number of aryl methyl sites for hydroxylation is 2. The van der Waals surface area contributed by atoms with Crippen molar-refractivity contribution in [2.24, 2.45) is 0 Å². The Morgan fingerprint density at radius 1 is 0.774 bits per heavy atom. The van der Waals surface area contributed by atoms with E-state index in [1.54, 1.807) is 0 Å². The number of benzene rings is 3. The van der Waals surface area contributed by atoms with Crippen LogP contribution in [0.4, 0.5) is 0 Å². The van der Waals surface area contributed by atoms with E-state index in [2.05, 4.69) is 69.3 Å². The quantitative estimate of drug-likeness (QED) is 0.331. The van der Waals surface area contributed by atoms with Crippen molar-refractivity contribution in [3.63, 3.8) is 0 Å². The van der Waals surface area contributed by atoms with Crippen LogP contribution in [0.5, 0.6) is 0 Å². The van der Waals surface area contributed by atoms with E-state index in [1.807, 2.05) is 12.1 Å². The summed E-state index contributed by atoms with van der Waals surface area (Å²) in [5.41, 5.74) is 7.98. The average molecular weight is 436 g/mol. The molecule has 3 rings (SSSR count). The number of sulfonamides is 1. The Labute approximate surface area is 185 Å². The average Bonchev–Trinajstić information content (AvgIpc) is 2.78. The number of rotatable bonds is 8. The number of unbranched alkanes of at least 4 members (excludes halogenated alkanes) is 1. The topological polar surface area (TPSA) is 66.4 Å². The van der Waals surface area contributed by atoms with Crippen molar-refractivity contribution in [1.82, 2.24) is 4.89 Å². The molecule has 0 spiro atoms. The zero-order valence-electron chi connectivity index (χ0n) is 18.2. The van der Waals surface area contributed by atoms with Crippen LogP contribution in [0.1, 0.15) is 54.0 Å². The molecule has 5 heteroatoms. The van der Waals surface area contributed by atoms with Crippen molar-refractivity contribution in [3.8, 4) is 0 Å². The third-order valence-corrected chi connectivity index (χ3v) is 6.53. The van der Waals surface area contributed by atoms with Gasteiger partial charge in [-0.15, -0.1) is 0 Å². The third-order valence-electron chi connectivity index (χ3n) is 5.40. The smallest absolute Gasteiger partial charge is 0.262 e. The summed E-state index contributed by atoms with van der Waals surface area (Å²) in [6, 6.07) is 23.7. The van der Waals surface area contributed by atoms with Gasteiger partial charge in [0.25, 0.3) is 10.0 Å². The maximum Gasteiger partial charge on any atom is 0.262 e. The van der Waals surface area contributed by atoms with Gasteiger partial charge in [-0.25, -0.2) is 8.42 Å². The molecule has 0 unspecified atom stereocenters. The van der Waals surface area contributed by atoms with Gasteiger partial charge >= 0.3 is 0 Å². The van der Waals surface area contributed by atoms with E-state index in [9.17, 15) is 8.42 Å². The molecule has 0 aliphatic carbocycles. The van der Waals surface area contributed by atoms with Gasteiger partial charge in [-0.05, 0) is 66.7 Å². The first-order valence-corrected chi connectivity index (χ1v) is 12.0. The lowest BCUT2D eigenvalue weighted by Gasteiger charge is -2.18. The highest BCUT2D eigenvalue weighted by atomic mass is 32.2. The second kappa shape index (κ2) is 10.1. The Bertz CT molecular complexity index is 1100. The van der Waals surface area contributed by atoms with Crippen molar-refractivity contribution in [3.05, 3.63) is 101 Å². The van der Waals surface area contributed by atoms with Crippen LogP contribution in [0.25, 0.3) is 11.1 Å². The van der Waals surface area contributed by atoms with Crippen molar-refractivity contribution >= 4 is 21.2 Å². The zero-order valence-corrected chi connectivity index (χ0v) is 19.0. The second-order valence-corrected chi connectivity index (χ2v) is 9.47. The predicted molar refractivity (Wildman–Crippen MR) is 126 cm³/mol. The van der Waals surface area contributed by atoms with Crippen molar-refractivity contribution < 1.29 is 13.6 Å². The molecule has 0 aromatic heterocycles. The van der Waals surface area contributed by atoms with Gasteiger partial charge in [0, 0.05) is 0 Å². The molecule has 3 aromatic rings. The summed E-state index contributed by atoms with van der Waals surface area (Å²) < 4.78 is 23.8. The van der Waals surface area contributed by atoms with Gasteiger partial charge in [0.15, 0.2) is 0 Å². The van der Waals surface area contributed by atoms with E-state index < -0.39 is 10.0 Å². The minimum absolute atomic E-state index is 0.0285. The minimum Gasteiger partial charge on any atom is -0.302 e. The van der Waals surface area contributed by atoms with Crippen LogP contribution in [0, 0.1) is 13.8 Å². The monoisotopic (exact) mass is 435 g/mol. The Morgan fingerprint density at radius 2 is 1.23 bits per heavy atom. The summed E-state index contributed by atoms with van der Waals surface area (Å²) in [6.45, 7) is 6.31. The molecule has 2 N–H and O–H groups in total. The lowest BCUT2D eigenvalue weighted by Crippen LogP contribution is -2.19. The normalized spacial score (nSPS) is 11.4. The van der Waals surface area contributed by atoms with Crippen LogP contribution in [0.15, 0.2) is 77.7 Å². The van der Waals surface area contributed by atoms with Gasteiger partial charge in [0.2, 0.25) is 0 Å². The van der Waals surface area contributed by atoms with Gasteiger partial charge < -0.3 is 5.21 Å². The molecule has 0 radical (unpaired) electrons. The molecule has 0 saturated carbocycles. The second-order valence-electron chi connectivity index (χ2n) is 7.81. The largest absolute Gasteiger partial charge is 0.302 e. The standard InChI is InChI=1S/C26H29NO3S/c1-4-5-6-25(21-15-17-24(18-16-21)31(29,30)27-28)26(22-11-7-19(2)8-12-22)23-13-9-20(3)10-14-23/h7-18,27-28H,4-6H2,1-3H3. The summed E-state index contributed by atoms with van der Waals surface area (Å²) in [4.78, 5) is 1.41. The summed E-state index contributed by atoms with van der Waals surface area (Å²) >= 11 is 0. The number of hydrogen-bond acceptors (Lipinski definition) is 3. The summed E-state index contributed by atoms with van der Waals surface area (Å²) in [5.74, 6) is 0. The zero-order chi connectivity index (χ0) is 22.4. The molecule has 0 aliphatic rings. The molecule has 0 saturated heterocycles. The highest BCUT2D eigenvalue weighted by molar-refractivity contribution is 7.89. The molecule has 0 fully saturated rings. The molecule has 31 heavy (non-hydrogen) atoms. The molecular formula is C26H29NO3S. The third kappa shape index (κ3) is 5.50. The SMILES string of the molecule is CCCCC(=C(c1ccc(C)cc1)c1ccc(C)cc1)c1ccc(S(=O)(=O)NO)cc1. The van der Waals surface area contributed by atoms with E-state index in [-0.39, 0.29) is 4.90 Å². The highest BCUT2D eigenvalue weighted by Crippen LogP contribution is 2.36. The Balaban J connectivity index is 2.24. The Hall–Kier alpha value is -2.73. The molecule has 0 amide bonds. The minimum atomic E-state index is -3.90. The highest BCUT2D eigenvalue weighted by Gasteiger charge is 2.16. The van der Waals surface area contributed by atoms with E-state index in [0.717, 1.165) is 41.5 Å². The Kier molecular flexibility index (Phi) is 7.44. The van der Waals surface area contributed by atoms with Gasteiger partial charge in [-0.2, -0.15) is 0 Å². The summed E-state index contributed by atoms with van der Waals surface area (Å²) in [6.07, 6.45) is 2.95. The fourth-order valence-corrected chi connectivity index (χ4v) is 4.21. The van der Waals surface area contributed by atoms with Crippen LogP contribution in [-0.2, 0) is 10.0 Å². The van der Waals surface area contributed by atoms with Crippen LogP contribution in [0.3, 0.4) is 0 Å². The van der Waals surface area contributed by atoms with Gasteiger partial charge in [-0.3, -0.25) is 0 Å². The molecule has 0 atom stereocenters. The first kappa shape index (κ1) is 22.9. The number of allylic oxidation sites excluding steroid dienone is 1. The van der Waals surface area contributed by atoms with Crippen molar-refractivity contribution in [2.75, 3.05) is 0 Å². The number of nitrogens with one attached hydrogen (secondary N) is 1. The molecule has 162 valence electrons. The summed E-state index contributed by atoms with van der Waals surface area (Å²) in [5, 5.41) is 8.93. The maximum atomic E-state index is 11.9. The van der Waals surface area contributed by atoms with Gasteiger partial charge in [0.1, 0.15) is 0 Å². The van der Waals surface area contributed by atoms with Crippen LogP contribution < -0.4 is 4.89 Å². The molecule has 0 aliphatic heterocycles. The maximum absolute atomic E-state index is 11.9. The Morgan fingerprint density at radius 3 is 1.65 bits per heavy atom.